The largest absolute Gasteiger partial charge is 0.446 e. The first-order valence-corrected chi connectivity index (χ1v) is 6.18. The summed E-state index contributed by atoms with van der Waals surface area (Å²) < 4.78 is 30.6. The quantitative estimate of drug-likeness (QED) is 0.842. The number of para-hydroxylation sites is 1. The lowest BCUT2D eigenvalue weighted by atomic mass is 10.1. The van der Waals surface area contributed by atoms with Gasteiger partial charge in [0, 0.05) is 7.04 Å². The van der Waals surface area contributed by atoms with Crippen LogP contribution in [0.4, 0.5) is 10.5 Å². The standard InChI is InChI=1S/C14H18N2O4/c1-10-5-4-6-11(2)13(10)16(12(17)9-19-3)15-7-8-20-14(15)18/h4-6H,7-9H2,1-3H3/i3D3. The normalized spacial score (nSPS) is 17.2. The zero-order valence-electron chi connectivity index (χ0n) is 14.4. The lowest BCUT2D eigenvalue weighted by molar-refractivity contribution is -0.124. The summed E-state index contributed by atoms with van der Waals surface area (Å²) in [5.74, 6) is -0.655. The highest BCUT2D eigenvalue weighted by Gasteiger charge is 2.34. The van der Waals surface area contributed by atoms with E-state index in [-0.39, 0.29) is 13.2 Å². The molecular formula is C14H18N2O4. The average Bonchev–Trinajstić information content (AvgIpc) is 2.85. The molecule has 0 aromatic heterocycles. The number of rotatable bonds is 4. The minimum Gasteiger partial charge on any atom is -0.446 e. The smallest absolute Gasteiger partial charge is 0.429 e. The number of methoxy groups -OCH3 is 1. The molecule has 1 aromatic rings. The molecule has 6 heteroatoms. The lowest BCUT2D eigenvalue weighted by Crippen LogP contribution is -2.49. The van der Waals surface area contributed by atoms with Crippen LogP contribution in [0.1, 0.15) is 15.2 Å². The Kier molecular flexibility index (Phi) is 3.16. The molecule has 2 amide bonds. The molecule has 108 valence electrons. The van der Waals surface area contributed by atoms with Crippen molar-refractivity contribution in [3.05, 3.63) is 29.3 Å². The van der Waals surface area contributed by atoms with Gasteiger partial charge in [-0.25, -0.2) is 14.8 Å². The Balaban J connectivity index is 2.36. The van der Waals surface area contributed by atoms with Crippen molar-refractivity contribution in [3.63, 3.8) is 0 Å². The summed E-state index contributed by atoms with van der Waals surface area (Å²) in [6, 6.07) is 5.43. The van der Waals surface area contributed by atoms with Crippen molar-refractivity contribution in [2.45, 2.75) is 13.8 Å². The predicted molar refractivity (Wildman–Crippen MR) is 73.3 cm³/mol. The maximum atomic E-state index is 12.5. The minimum absolute atomic E-state index is 0.160. The molecule has 6 nitrogen and oxygen atoms in total. The highest BCUT2D eigenvalue weighted by molar-refractivity contribution is 5.97. The molecule has 1 fully saturated rings. The highest BCUT2D eigenvalue weighted by atomic mass is 16.6. The Bertz CT molecular complexity index is 598. The summed E-state index contributed by atoms with van der Waals surface area (Å²) >= 11 is 0. The number of carbonyl (C=O) groups excluding carboxylic acids is 2. The van der Waals surface area contributed by atoms with Gasteiger partial charge >= 0.3 is 6.09 Å². The molecule has 1 saturated heterocycles. The number of hydrogen-bond donors (Lipinski definition) is 0. The van der Waals surface area contributed by atoms with Gasteiger partial charge in [-0.2, -0.15) is 0 Å². The van der Waals surface area contributed by atoms with E-state index >= 15 is 0 Å². The van der Waals surface area contributed by atoms with Crippen LogP contribution in [0.5, 0.6) is 0 Å². The number of ether oxygens (including phenoxy) is 2. The van der Waals surface area contributed by atoms with E-state index in [1.165, 1.54) is 0 Å². The van der Waals surface area contributed by atoms with Crippen molar-refractivity contribution in [2.75, 3.05) is 31.8 Å². The Hall–Kier alpha value is -2.08. The average molecular weight is 281 g/mol. The molecule has 1 aromatic carbocycles. The molecule has 20 heavy (non-hydrogen) atoms. The first-order valence-electron chi connectivity index (χ1n) is 7.68. The van der Waals surface area contributed by atoms with Crippen LogP contribution in [0.3, 0.4) is 0 Å². The molecule has 0 spiro atoms. The molecule has 2 rings (SSSR count). The Labute approximate surface area is 122 Å². The minimum atomic E-state index is -2.69. The van der Waals surface area contributed by atoms with Gasteiger partial charge in [-0.15, -0.1) is 0 Å². The van der Waals surface area contributed by atoms with Crippen molar-refractivity contribution < 1.29 is 23.2 Å². The van der Waals surface area contributed by atoms with E-state index in [2.05, 4.69) is 4.74 Å². The fourth-order valence-corrected chi connectivity index (χ4v) is 2.21. The van der Waals surface area contributed by atoms with E-state index in [0.29, 0.717) is 5.69 Å². The van der Waals surface area contributed by atoms with E-state index in [9.17, 15) is 9.59 Å². The van der Waals surface area contributed by atoms with Crippen LogP contribution in [0.25, 0.3) is 0 Å². The molecule has 0 atom stereocenters. The summed E-state index contributed by atoms with van der Waals surface area (Å²) in [4.78, 5) is 24.4. The van der Waals surface area contributed by atoms with Gasteiger partial charge in [0.2, 0.25) is 0 Å². The number of anilines is 1. The van der Waals surface area contributed by atoms with Crippen LogP contribution in [0.15, 0.2) is 18.2 Å². The number of benzene rings is 1. The maximum absolute atomic E-state index is 12.5. The van der Waals surface area contributed by atoms with Gasteiger partial charge in [-0.1, -0.05) is 18.2 Å². The lowest BCUT2D eigenvalue weighted by Gasteiger charge is -2.31. The van der Waals surface area contributed by atoms with E-state index in [4.69, 9.17) is 8.85 Å². The number of hydrazine groups is 1. The molecule has 0 saturated carbocycles. The predicted octanol–water partition coefficient (Wildman–Crippen LogP) is 1.65. The Morgan fingerprint density at radius 2 is 2.20 bits per heavy atom. The van der Waals surface area contributed by atoms with Gasteiger partial charge in [-0.05, 0) is 25.0 Å². The fraction of sp³-hybridized carbons (Fsp3) is 0.429. The summed E-state index contributed by atoms with van der Waals surface area (Å²) in [6.07, 6.45) is -0.658. The number of nitrogens with zero attached hydrogens (tertiary/aromatic N) is 2. The third-order valence-corrected chi connectivity index (χ3v) is 3.06. The van der Waals surface area contributed by atoms with Crippen LogP contribution < -0.4 is 5.01 Å². The van der Waals surface area contributed by atoms with Gasteiger partial charge in [0.05, 0.1) is 16.3 Å². The van der Waals surface area contributed by atoms with Crippen LogP contribution in [-0.2, 0) is 14.3 Å². The molecule has 1 aliphatic rings. The fourth-order valence-electron chi connectivity index (χ4n) is 2.21. The summed E-state index contributed by atoms with van der Waals surface area (Å²) in [6.45, 7) is 3.29. The third kappa shape index (κ3) is 2.60. The molecule has 0 unspecified atom stereocenters. The summed E-state index contributed by atoms with van der Waals surface area (Å²) in [7, 11) is -2.69. The van der Waals surface area contributed by atoms with Gasteiger partial charge < -0.3 is 9.47 Å². The molecule has 0 radical (unpaired) electrons. The Morgan fingerprint density at radius 1 is 1.50 bits per heavy atom. The molecule has 0 N–H and O–H groups in total. The molecule has 0 aliphatic carbocycles. The number of cyclic esters (lactones) is 1. The first-order chi connectivity index (χ1) is 10.7. The first kappa shape index (κ1) is 10.7. The summed E-state index contributed by atoms with van der Waals surface area (Å²) in [5, 5.41) is 2.30. The van der Waals surface area contributed by atoms with Crippen LogP contribution in [-0.4, -0.2) is 43.8 Å². The Morgan fingerprint density at radius 3 is 2.75 bits per heavy atom. The number of hydrogen-bond acceptors (Lipinski definition) is 4. The molecule has 0 bridgehead atoms. The zero-order chi connectivity index (χ0) is 17.2. The molecular weight excluding hydrogens is 260 g/mol. The van der Waals surface area contributed by atoms with Gasteiger partial charge in [0.15, 0.2) is 0 Å². The van der Waals surface area contributed by atoms with E-state index in [1.54, 1.807) is 26.0 Å². The van der Waals surface area contributed by atoms with E-state index in [1.807, 2.05) is 6.07 Å². The van der Waals surface area contributed by atoms with Crippen LogP contribution >= 0.6 is 0 Å². The van der Waals surface area contributed by atoms with Gasteiger partial charge in [0.1, 0.15) is 13.2 Å². The van der Waals surface area contributed by atoms with Crippen molar-refractivity contribution in [2.24, 2.45) is 0 Å². The van der Waals surface area contributed by atoms with Gasteiger partial charge in [-0.3, -0.25) is 4.79 Å². The summed E-state index contributed by atoms with van der Waals surface area (Å²) in [5.41, 5.74) is 2.06. The molecule has 1 aliphatic heterocycles. The van der Waals surface area contributed by atoms with Crippen molar-refractivity contribution >= 4 is 17.7 Å². The maximum Gasteiger partial charge on any atom is 0.429 e. The molecule has 1 heterocycles. The topological polar surface area (TPSA) is 59.1 Å². The monoisotopic (exact) mass is 281 g/mol. The van der Waals surface area contributed by atoms with Crippen molar-refractivity contribution in [1.29, 1.82) is 0 Å². The third-order valence-electron chi connectivity index (χ3n) is 3.06. The number of amides is 2. The second kappa shape index (κ2) is 5.92. The van der Waals surface area contributed by atoms with E-state index < -0.39 is 25.6 Å². The van der Waals surface area contributed by atoms with Crippen LogP contribution in [0.2, 0.25) is 0 Å². The second-order valence-corrected chi connectivity index (χ2v) is 4.47. The van der Waals surface area contributed by atoms with Crippen molar-refractivity contribution in [3.8, 4) is 0 Å². The van der Waals surface area contributed by atoms with Crippen molar-refractivity contribution in [1.82, 2.24) is 5.01 Å². The number of aryl methyl sites for hydroxylation is 2. The zero-order valence-corrected chi connectivity index (χ0v) is 11.4. The van der Waals surface area contributed by atoms with Crippen LogP contribution in [0, 0.1) is 13.8 Å². The number of carbonyl (C=O) groups is 2. The highest BCUT2D eigenvalue weighted by Crippen LogP contribution is 2.27. The second-order valence-electron chi connectivity index (χ2n) is 4.47. The van der Waals surface area contributed by atoms with Gasteiger partial charge in [0.25, 0.3) is 5.91 Å². The van der Waals surface area contributed by atoms with E-state index in [0.717, 1.165) is 21.1 Å². The SMILES string of the molecule is [2H]C([2H])([2H])OCC(=O)N(c1c(C)cccc1C)N1CCOC1=O.